The highest BCUT2D eigenvalue weighted by atomic mass is 35.5. The van der Waals surface area contributed by atoms with Crippen molar-refractivity contribution in [2.45, 2.75) is 64.1 Å². The molecule has 1 aliphatic carbocycles. The zero-order valence-electron chi connectivity index (χ0n) is 23.3. The summed E-state index contributed by atoms with van der Waals surface area (Å²) < 4.78 is 37.5. The fourth-order valence-electron chi connectivity index (χ4n) is 4.88. The second-order valence-electron chi connectivity index (χ2n) is 9.85. The lowest BCUT2D eigenvalue weighted by Gasteiger charge is -2.34. The van der Waals surface area contributed by atoms with Crippen molar-refractivity contribution in [2.24, 2.45) is 0 Å². The molecule has 0 bridgehead atoms. The summed E-state index contributed by atoms with van der Waals surface area (Å²) >= 11 is 12.3. The zero-order chi connectivity index (χ0) is 29.4. The van der Waals surface area contributed by atoms with Crippen LogP contribution in [0.15, 0.2) is 36.4 Å². The lowest BCUT2D eigenvalue weighted by molar-refractivity contribution is -0.140. The number of sulfonamides is 1. The average molecular weight is 615 g/mol. The van der Waals surface area contributed by atoms with E-state index in [1.54, 1.807) is 24.3 Å². The molecule has 1 atom stereocenters. The Balaban J connectivity index is 1.98. The number of benzene rings is 2. The number of halogens is 2. The fourth-order valence-corrected chi connectivity index (χ4v) is 6.06. The molecule has 2 aromatic carbocycles. The van der Waals surface area contributed by atoms with E-state index < -0.39 is 28.5 Å². The summed E-state index contributed by atoms with van der Waals surface area (Å²) in [5.74, 6) is -0.140. The quantitative estimate of drug-likeness (QED) is 0.360. The Labute approximate surface area is 246 Å². The molecule has 0 heterocycles. The van der Waals surface area contributed by atoms with E-state index >= 15 is 0 Å². The van der Waals surface area contributed by atoms with Crippen molar-refractivity contribution in [2.75, 3.05) is 31.3 Å². The molecule has 0 aliphatic heterocycles. The SMILES string of the molecule is CCC(C(=O)NC1CCCCC1)N(Cc1ccc(Cl)c(Cl)c1)C(=O)CN(c1ccc(OC)cc1OC)S(C)(=O)=O. The molecule has 12 heteroatoms. The number of hydrogen-bond donors (Lipinski definition) is 1. The van der Waals surface area contributed by atoms with Gasteiger partial charge in [-0.15, -0.1) is 0 Å². The van der Waals surface area contributed by atoms with Gasteiger partial charge in [0.25, 0.3) is 0 Å². The first-order valence-corrected chi connectivity index (χ1v) is 15.8. The number of rotatable bonds is 12. The van der Waals surface area contributed by atoms with E-state index in [0.29, 0.717) is 27.8 Å². The lowest BCUT2D eigenvalue weighted by atomic mass is 9.95. The number of ether oxygens (including phenoxy) is 2. The highest BCUT2D eigenvalue weighted by molar-refractivity contribution is 7.92. The Kier molecular flexibility index (Phi) is 11.4. The molecular formula is C28H37Cl2N3O6S. The van der Waals surface area contributed by atoms with Crippen molar-refractivity contribution in [3.63, 3.8) is 0 Å². The van der Waals surface area contributed by atoms with Gasteiger partial charge >= 0.3 is 0 Å². The van der Waals surface area contributed by atoms with Crippen molar-refractivity contribution in [1.29, 1.82) is 0 Å². The van der Waals surface area contributed by atoms with Crippen LogP contribution in [0.2, 0.25) is 10.0 Å². The Morgan fingerprint density at radius 3 is 2.30 bits per heavy atom. The Hall–Kier alpha value is -2.69. The predicted octanol–water partition coefficient (Wildman–Crippen LogP) is 5.03. The van der Waals surface area contributed by atoms with Gasteiger partial charge in [0.15, 0.2) is 0 Å². The van der Waals surface area contributed by atoms with Crippen molar-refractivity contribution in [3.8, 4) is 11.5 Å². The summed E-state index contributed by atoms with van der Waals surface area (Å²) in [4.78, 5) is 28.9. The van der Waals surface area contributed by atoms with Gasteiger partial charge in [-0.2, -0.15) is 0 Å². The maximum atomic E-state index is 14.0. The third-order valence-electron chi connectivity index (χ3n) is 7.01. The number of nitrogens with zero attached hydrogens (tertiary/aromatic N) is 2. The first kappa shape index (κ1) is 31.8. The number of nitrogens with one attached hydrogen (secondary N) is 1. The monoisotopic (exact) mass is 613 g/mol. The number of hydrogen-bond acceptors (Lipinski definition) is 6. The van der Waals surface area contributed by atoms with Crippen LogP contribution in [0.3, 0.4) is 0 Å². The van der Waals surface area contributed by atoms with Crippen LogP contribution in [0.4, 0.5) is 5.69 Å². The largest absolute Gasteiger partial charge is 0.497 e. The number of methoxy groups -OCH3 is 2. The van der Waals surface area contributed by atoms with Gasteiger partial charge in [-0.05, 0) is 49.1 Å². The lowest BCUT2D eigenvalue weighted by Crippen LogP contribution is -2.54. The summed E-state index contributed by atoms with van der Waals surface area (Å²) in [5, 5.41) is 3.79. The summed E-state index contributed by atoms with van der Waals surface area (Å²) in [6, 6.07) is 8.84. The fraction of sp³-hybridized carbons (Fsp3) is 0.500. The van der Waals surface area contributed by atoms with E-state index in [-0.39, 0.29) is 29.9 Å². The predicted molar refractivity (Wildman–Crippen MR) is 158 cm³/mol. The van der Waals surface area contributed by atoms with E-state index in [1.807, 2.05) is 6.92 Å². The molecule has 0 aromatic heterocycles. The van der Waals surface area contributed by atoms with Gasteiger partial charge in [0, 0.05) is 18.7 Å². The minimum atomic E-state index is -3.93. The summed E-state index contributed by atoms with van der Waals surface area (Å²) in [6.45, 7) is 1.31. The minimum Gasteiger partial charge on any atom is -0.497 e. The van der Waals surface area contributed by atoms with Crippen LogP contribution in [0.25, 0.3) is 0 Å². The number of amides is 2. The van der Waals surface area contributed by atoms with Crippen molar-refractivity contribution in [3.05, 3.63) is 52.0 Å². The maximum Gasteiger partial charge on any atom is 0.244 e. The van der Waals surface area contributed by atoms with E-state index in [1.165, 1.54) is 31.3 Å². The van der Waals surface area contributed by atoms with E-state index in [4.69, 9.17) is 32.7 Å². The van der Waals surface area contributed by atoms with Gasteiger partial charge in [0.1, 0.15) is 24.1 Å². The van der Waals surface area contributed by atoms with Gasteiger partial charge in [-0.1, -0.05) is 55.5 Å². The molecule has 0 radical (unpaired) electrons. The van der Waals surface area contributed by atoms with Crippen LogP contribution in [-0.2, 0) is 26.2 Å². The average Bonchev–Trinajstić information content (AvgIpc) is 2.93. The Morgan fingerprint density at radius 1 is 1.02 bits per heavy atom. The Bertz CT molecular complexity index is 1300. The van der Waals surface area contributed by atoms with Crippen LogP contribution < -0.4 is 19.1 Å². The molecule has 40 heavy (non-hydrogen) atoms. The first-order valence-electron chi connectivity index (χ1n) is 13.2. The highest BCUT2D eigenvalue weighted by Gasteiger charge is 2.33. The normalized spacial score (nSPS) is 14.8. The van der Waals surface area contributed by atoms with Gasteiger partial charge in [-0.25, -0.2) is 8.42 Å². The first-order chi connectivity index (χ1) is 19.0. The van der Waals surface area contributed by atoms with Gasteiger partial charge < -0.3 is 19.7 Å². The second kappa shape index (κ2) is 14.3. The molecule has 0 spiro atoms. The molecule has 1 saturated carbocycles. The number of carbonyl (C=O) groups is 2. The standard InChI is InChI=1S/C28H37Cl2N3O6S/c1-5-24(28(35)31-20-9-7-6-8-10-20)32(17-19-11-13-22(29)23(30)15-19)27(34)18-33(40(4,36)37)25-14-12-21(38-2)16-26(25)39-3/h11-16,20,24H,5-10,17-18H2,1-4H3,(H,31,35). The molecule has 9 nitrogen and oxygen atoms in total. The maximum absolute atomic E-state index is 14.0. The molecule has 1 N–H and O–H groups in total. The van der Waals surface area contributed by atoms with Gasteiger partial charge in [0.2, 0.25) is 21.8 Å². The topological polar surface area (TPSA) is 105 Å². The van der Waals surface area contributed by atoms with E-state index in [0.717, 1.165) is 42.7 Å². The van der Waals surface area contributed by atoms with Crippen LogP contribution in [0.1, 0.15) is 51.0 Å². The van der Waals surface area contributed by atoms with Crippen molar-refractivity contribution < 1.29 is 27.5 Å². The molecule has 1 aliphatic rings. The Morgan fingerprint density at radius 2 is 1.73 bits per heavy atom. The number of carbonyl (C=O) groups excluding carboxylic acids is 2. The second-order valence-corrected chi connectivity index (χ2v) is 12.6. The highest BCUT2D eigenvalue weighted by Crippen LogP contribution is 2.34. The third-order valence-corrected chi connectivity index (χ3v) is 8.87. The van der Waals surface area contributed by atoms with Gasteiger partial charge in [-0.3, -0.25) is 13.9 Å². The molecule has 2 amide bonds. The van der Waals surface area contributed by atoms with Gasteiger partial charge in [0.05, 0.1) is 36.2 Å². The molecule has 1 fully saturated rings. The van der Waals surface area contributed by atoms with Crippen LogP contribution in [-0.4, -0.2) is 64.2 Å². The number of anilines is 1. The molecule has 2 aromatic rings. The zero-order valence-corrected chi connectivity index (χ0v) is 25.6. The van der Waals surface area contributed by atoms with E-state index in [9.17, 15) is 18.0 Å². The van der Waals surface area contributed by atoms with Crippen molar-refractivity contribution >= 4 is 50.7 Å². The summed E-state index contributed by atoms with van der Waals surface area (Å²) in [5.41, 5.74) is 0.827. The molecule has 1 unspecified atom stereocenters. The minimum absolute atomic E-state index is 0.0314. The van der Waals surface area contributed by atoms with Crippen LogP contribution >= 0.6 is 23.2 Å². The summed E-state index contributed by atoms with van der Waals surface area (Å²) in [7, 11) is -1.05. The smallest absolute Gasteiger partial charge is 0.244 e. The third kappa shape index (κ3) is 8.17. The molecular weight excluding hydrogens is 577 g/mol. The van der Waals surface area contributed by atoms with Crippen LogP contribution in [0, 0.1) is 0 Å². The van der Waals surface area contributed by atoms with Crippen molar-refractivity contribution in [1.82, 2.24) is 10.2 Å². The molecule has 0 saturated heterocycles. The molecule has 3 rings (SSSR count). The van der Waals surface area contributed by atoms with Crippen LogP contribution in [0.5, 0.6) is 11.5 Å². The van der Waals surface area contributed by atoms with E-state index in [2.05, 4.69) is 5.32 Å². The summed E-state index contributed by atoms with van der Waals surface area (Å²) in [6.07, 6.45) is 6.35. The molecule has 220 valence electrons.